The van der Waals surface area contributed by atoms with E-state index in [2.05, 4.69) is 6.07 Å². The molecular weight excluding hydrogens is 165 g/mol. The Balaban J connectivity index is 3.02. The quantitative estimate of drug-likeness (QED) is 0.612. The molecule has 0 heterocycles. The average Bonchev–Trinajstić information content (AvgIpc) is 2.03. The molecule has 0 aromatic heterocycles. The lowest BCUT2D eigenvalue weighted by Crippen LogP contribution is -2.04. The Labute approximate surface area is 69.0 Å². The van der Waals surface area contributed by atoms with Crippen LogP contribution in [0.15, 0.2) is 18.2 Å². The van der Waals surface area contributed by atoms with E-state index in [4.69, 9.17) is 0 Å². The standard InChI is InChI=1S/C9H8F3/c1-2-7-4-3-5-8(6-7)9(10,11)12/h3,5-6H,2H2,1H3. The highest BCUT2D eigenvalue weighted by atomic mass is 19.4. The van der Waals surface area contributed by atoms with E-state index < -0.39 is 11.7 Å². The van der Waals surface area contributed by atoms with Crippen molar-refractivity contribution >= 4 is 0 Å². The molecule has 0 N–H and O–H groups in total. The van der Waals surface area contributed by atoms with Gasteiger partial charge in [0.1, 0.15) is 0 Å². The van der Waals surface area contributed by atoms with Crippen molar-refractivity contribution in [3.05, 3.63) is 35.4 Å². The van der Waals surface area contributed by atoms with Crippen molar-refractivity contribution < 1.29 is 13.2 Å². The first-order chi connectivity index (χ1) is 5.54. The summed E-state index contributed by atoms with van der Waals surface area (Å²) in [6.45, 7) is 1.80. The topological polar surface area (TPSA) is 0 Å². The number of benzene rings is 1. The van der Waals surface area contributed by atoms with Crippen molar-refractivity contribution in [2.24, 2.45) is 0 Å². The minimum Gasteiger partial charge on any atom is -0.166 e. The Morgan fingerprint density at radius 2 is 2.08 bits per heavy atom. The number of rotatable bonds is 1. The molecule has 0 nitrogen and oxygen atoms in total. The molecule has 0 unspecified atom stereocenters. The second-order valence-electron chi connectivity index (χ2n) is 2.45. The molecule has 1 aromatic carbocycles. The molecule has 0 bridgehead atoms. The largest absolute Gasteiger partial charge is 0.416 e. The monoisotopic (exact) mass is 173 g/mol. The Morgan fingerprint density at radius 3 is 2.58 bits per heavy atom. The summed E-state index contributed by atoms with van der Waals surface area (Å²) in [5, 5.41) is 0. The molecule has 1 rings (SSSR count). The zero-order valence-corrected chi connectivity index (χ0v) is 6.57. The van der Waals surface area contributed by atoms with Crippen LogP contribution in [-0.4, -0.2) is 0 Å². The second kappa shape index (κ2) is 3.17. The van der Waals surface area contributed by atoms with E-state index in [1.54, 1.807) is 6.92 Å². The first-order valence-electron chi connectivity index (χ1n) is 3.62. The third kappa shape index (κ3) is 2.00. The first-order valence-corrected chi connectivity index (χ1v) is 3.62. The maximum atomic E-state index is 12.1. The van der Waals surface area contributed by atoms with Crippen molar-refractivity contribution in [2.45, 2.75) is 19.5 Å². The molecule has 0 aliphatic rings. The molecule has 3 heteroatoms. The van der Waals surface area contributed by atoms with E-state index in [1.807, 2.05) is 0 Å². The molecule has 0 fully saturated rings. The molecule has 0 aliphatic heterocycles. The van der Waals surface area contributed by atoms with E-state index in [0.29, 0.717) is 12.0 Å². The van der Waals surface area contributed by atoms with Crippen LogP contribution >= 0.6 is 0 Å². The summed E-state index contributed by atoms with van der Waals surface area (Å²) in [7, 11) is 0. The van der Waals surface area contributed by atoms with Crippen LogP contribution in [0, 0.1) is 6.07 Å². The van der Waals surface area contributed by atoms with Gasteiger partial charge in [-0.2, -0.15) is 13.2 Å². The maximum Gasteiger partial charge on any atom is 0.416 e. The van der Waals surface area contributed by atoms with Crippen LogP contribution in [-0.2, 0) is 12.6 Å². The summed E-state index contributed by atoms with van der Waals surface area (Å²) in [6.07, 6.45) is -3.66. The molecule has 1 radical (unpaired) electrons. The lowest BCUT2D eigenvalue weighted by molar-refractivity contribution is -0.137. The van der Waals surface area contributed by atoms with E-state index >= 15 is 0 Å². The van der Waals surface area contributed by atoms with Crippen LogP contribution in [0.4, 0.5) is 13.2 Å². The molecule has 12 heavy (non-hydrogen) atoms. The van der Waals surface area contributed by atoms with Crippen LogP contribution in [0.5, 0.6) is 0 Å². The van der Waals surface area contributed by atoms with Crippen LogP contribution in [0.1, 0.15) is 18.1 Å². The summed E-state index contributed by atoms with van der Waals surface area (Å²) in [5.74, 6) is 0. The average molecular weight is 173 g/mol. The summed E-state index contributed by atoms with van der Waals surface area (Å²) in [5.41, 5.74) is -0.0112. The Kier molecular flexibility index (Phi) is 2.40. The fourth-order valence-corrected chi connectivity index (χ4v) is 0.896. The van der Waals surface area contributed by atoms with E-state index in [-0.39, 0.29) is 0 Å². The van der Waals surface area contributed by atoms with Gasteiger partial charge in [0.05, 0.1) is 5.56 Å². The Hall–Kier alpha value is -0.990. The Bertz CT molecular complexity index is 263. The van der Waals surface area contributed by atoms with Crippen molar-refractivity contribution in [1.82, 2.24) is 0 Å². The Morgan fingerprint density at radius 1 is 1.42 bits per heavy atom. The molecular formula is C9H8F3. The summed E-state index contributed by atoms with van der Waals surface area (Å²) >= 11 is 0. The number of halogens is 3. The third-order valence-corrected chi connectivity index (χ3v) is 1.57. The first kappa shape index (κ1) is 9.10. The van der Waals surface area contributed by atoms with Gasteiger partial charge in [-0.05, 0) is 30.2 Å². The van der Waals surface area contributed by atoms with Gasteiger partial charge in [0, 0.05) is 0 Å². The summed E-state index contributed by atoms with van der Waals surface area (Å²) in [4.78, 5) is 0. The van der Waals surface area contributed by atoms with Crippen molar-refractivity contribution in [3.63, 3.8) is 0 Å². The van der Waals surface area contributed by atoms with Gasteiger partial charge < -0.3 is 0 Å². The minimum atomic E-state index is -4.24. The van der Waals surface area contributed by atoms with Gasteiger partial charge in [0.2, 0.25) is 0 Å². The molecule has 0 saturated carbocycles. The van der Waals surface area contributed by atoms with E-state index in [1.165, 1.54) is 6.07 Å². The second-order valence-corrected chi connectivity index (χ2v) is 2.45. The van der Waals surface area contributed by atoms with Crippen LogP contribution in [0.25, 0.3) is 0 Å². The van der Waals surface area contributed by atoms with Gasteiger partial charge in [0.15, 0.2) is 0 Å². The lowest BCUT2D eigenvalue weighted by atomic mass is 10.1. The van der Waals surface area contributed by atoms with Gasteiger partial charge in [-0.1, -0.05) is 13.0 Å². The van der Waals surface area contributed by atoms with Gasteiger partial charge in [0.25, 0.3) is 0 Å². The van der Waals surface area contributed by atoms with Gasteiger partial charge in [-0.15, -0.1) is 0 Å². The van der Waals surface area contributed by atoms with Gasteiger partial charge >= 0.3 is 6.18 Å². The maximum absolute atomic E-state index is 12.1. The molecule has 0 atom stereocenters. The molecule has 0 aliphatic carbocycles. The highest BCUT2D eigenvalue weighted by Crippen LogP contribution is 2.29. The molecule has 0 saturated heterocycles. The van der Waals surface area contributed by atoms with Crippen molar-refractivity contribution in [1.29, 1.82) is 0 Å². The lowest BCUT2D eigenvalue weighted by Gasteiger charge is -2.06. The number of hydrogen-bond donors (Lipinski definition) is 0. The van der Waals surface area contributed by atoms with E-state index in [9.17, 15) is 13.2 Å². The number of hydrogen-bond acceptors (Lipinski definition) is 0. The van der Waals surface area contributed by atoms with Crippen LogP contribution < -0.4 is 0 Å². The van der Waals surface area contributed by atoms with Crippen molar-refractivity contribution in [3.8, 4) is 0 Å². The normalized spacial score (nSPS) is 11.7. The minimum absolute atomic E-state index is 0.573. The number of aryl methyl sites for hydroxylation is 1. The van der Waals surface area contributed by atoms with Crippen LogP contribution in [0.2, 0.25) is 0 Å². The highest BCUT2D eigenvalue weighted by Gasteiger charge is 2.30. The number of alkyl halides is 3. The smallest absolute Gasteiger partial charge is 0.166 e. The molecule has 0 spiro atoms. The fraction of sp³-hybridized carbons (Fsp3) is 0.333. The zero-order chi connectivity index (χ0) is 9.19. The highest BCUT2D eigenvalue weighted by molar-refractivity contribution is 5.24. The summed E-state index contributed by atoms with van der Waals surface area (Å²) in [6, 6.07) is 6.19. The van der Waals surface area contributed by atoms with Crippen LogP contribution in [0.3, 0.4) is 0 Å². The van der Waals surface area contributed by atoms with Gasteiger partial charge in [-0.3, -0.25) is 0 Å². The predicted octanol–water partition coefficient (Wildman–Crippen LogP) is 3.07. The third-order valence-electron chi connectivity index (χ3n) is 1.57. The molecule has 1 aromatic rings. The van der Waals surface area contributed by atoms with E-state index in [0.717, 1.165) is 12.1 Å². The fourth-order valence-electron chi connectivity index (χ4n) is 0.896. The van der Waals surface area contributed by atoms with Crippen molar-refractivity contribution in [2.75, 3.05) is 0 Å². The van der Waals surface area contributed by atoms with Gasteiger partial charge in [-0.25, -0.2) is 0 Å². The molecule has 0 amide bonds. The SMILES string of the molecule is CCc1[c]ccc(C(F)(F)F)c1. The molecule has 65 valence electrons. The zero-order valence-electron chi connectivity index (χ0n) is 6.57. The summed E-state index contributed by atoms with van der Waals surface area (Å²) < 4.78 is 36.3. The predicted molar refractivity (Wildman–Crippen MR) is 39.7 cm³/mol.